The Labute approximate surface area is 149 Å². The number of ether oxygens (including phenoxy) is 1. The van der Waals surface area contributed by atoms with E-state index in [-0.39, 0.29) is 0 Å². The molecule has 0 aliphatic carbocycles. The lowest BCUT2D eigenvalue weighted by Gasteiger charge is -2.18. The molecule has 2 N–H and O–H groups in total. The summed E-state index contributed by atoms with van der Waals surface area (Å²) in [7, 11) is 1.63. The topological polar surface area (TPSA) is 58.6 Å². The van der Waals surface area contributed by atoms with E-state index in [0.29, 0.717) is 18.9 Å². The average Bonchev–Trinajstić information content (AvgIpc) is 2.58. The number of aryl methyl sites for hydroxylation is 1. The molecular formula is C21H27NO3. The number of aliphatic carboxylic acids is 1. The quantitative estimate of drug-likeness (QED) is 0.753. The number of carboxylic acid groups (broad SMARTS) is 1. The van der Waals surface area contributed by atoms with Crippen LogP contribution in [0.5, 0.6) is 5.75 Å². The van der Waals surface area contributed by atoms with Crippen molar-refractivity contribution >= 4 is 5.97 Å². The highest BCUT2D eigenvalue weighted by Crippen LogP contribution is 2.28. The van der Waals surface area contributed by atoms with Crippen molar-refractivity contribution in [1.82, 2.24) is 5.32 Å². The summed E-state index contributed by atoms with van der Waals surface area (Å²) in [5.41, 5.74) is 4.43. The Morgan fingerprint density at radius 2 is 1.92 bits per heavy atom. The minimum atomic E-state index is -0.817. The summed E-state index contributed by atoms with van der Waals surface area (Å²) in [6.45, 7) is 6.58. The van der Waals surface area contributed by atoms with Gasteiger partial charge < -0.3 is 15.2 Å². The van der Waals surface area contributed by atoms with E-state index in [2.05, 4.69) is 30.4 Å². The number of nitrogens with one attached hydrogen (secondary N) is 1. The summed E-state index contributed by atoms with van der Waals surface area (Å²) in [6, 6.07) is 13.7. The number of hydrogen-bond acceptors (Lipinski definition) is 3. The van der Waals surface area contributed by atoms with Gasteiger partial charge in [-0.05, 0) is 48.1 Å². The van der Waals surface area contributed by atoms with Crippen molar-refractivity contribution in [3.63, 3.8) is 0 Å². The van der Waals surface area contributed by atoms with Crippen LogP contribution in [-0.4, -0.2) is 24.2 Å². The molecule has 0 unspecified atom stereocenters. The first-order valence-electron chi connectivity index (χ1n) is 8.61. The van der Waals surface area contributed by atoms with E-state index in [4.69, 9.17) is 4.74 Å². The van der Waals surface area contributed by atoms with Crippen LogP contribution in [0.25, 0.3) is 11.1 Å². The second-order valence-corrected chi connectivity index (χ2v) is 6.74. The Kier molecular flexibility index (Phi) is 6.59. The van der Waals surface area contributed by atoms with Crippen molar-refractivity contribution < 1.29 is 14.6 Å². The Balaban J connectivity index is 2.25. The molecule has 1 atom stereocenters. The van der Waals surface area contributed by atoms with Crippen LogP contribution in [-0.2, 0) is 11.3 Å². The first-order chi connectivity index (χ1) is 11.9. The summed E-state index contributed by atoms with van der Waals surface area (Å²) in [4.78, 5) is 11.5. The Morgan fingerprint density at radius 1 is 1.20 bits per heavy atom. The van der Waals surface area contributed by atoms with E-state index in [1.54, 1.807) is 7.11 Å². The molecule has 0 bridgehead atoms. The number of hydrogen-bond donors (Lipinski definition) is 2. The number of carbonyl (C=O) groups is 1. The molecule has 0 fully saturated rings. The van der Waals surface area contributed by atoms with E-state index in [1.807, 2.05) is 38.1 Å². The van der Waals surface area contributed by atoms with Crippen molar-refractivity contribution in [2.75, 3.05) is 7.11 Å². The molecule has 2 aromatic carbocycles. The molecule has 0 radical (unpaired) electrons. The van der Waals surface area contributed by atoms with E-state index in [1.165, 1.54) is 11.1 Å². The molecule has 4 heteroatoms. The van der Waals surface area contributed by atoms with Crippen LogP contribution in [0.15, 0.2) is 42.5 Å². The van der Waals surface area contributed by atoms with Crippen LogP contribution < -0.4 is 10.1 Å². The molecule has 0 saturated heterocycles. The van der Waals surface area contributed by atoms with Crippen molar-refractivity contribution in [2.24, 2.45) is 5.92 Å². The fraction of sp³-hybridized carbons (Fsp3) is 0.381. The lowest BCUT2D eigenvalue weighted by atomic mass is 9.98. The van der Waals surface area contributed by atoms with Gasteiger partial charge in [0, 0.05) is 12.1 Å². The van der Waals surface area contributed by atoms with Gasteiger partial charge in [-0.15, -0.1) is 0 Å². The molecule has 0 spiro atoms. The molecule has 0 aliphatic rings. The van der Waals surface area contributed by atoms with Gasteiger partial charge in [-0.25, -0.2) is 0 Å². The monoisotopic (exact) mass is 341 g/mol. The van der Waals surface area contributed by atoms with Gasteiger partial charge in [0.25, 0.3) is 0 Å². The van der Waals surface area contributed by atoms with Gasteiger partial charge >= 0.3 is 5.97 Å². The van der Waals surface area contributed by atoms with Crippen LogP contribution in [0.4, 0.5) is 0 Å². The molecule has 134 valence electrons. The lowest BCUT2D eigenvalue weighted by Crippen LogP contribution is -2.37. The molecule has 0 saturated carbocycles. The third-order valence-electron chi connectivity index (χ3n) is 4.28. The maximum atomic E-state index is 11.5. The Morgan fingerprint density at radius 3 is 2.52 bits per heavy atom. The number of benzene rings is 2. The average molecular weight is 341 g/mol. The van der Waals surface area contributed by atoms with Gasteiger partial charge in [0.15, 0.2) is 0 Å². The third kappa shape index (κ3) is 5.07. The molecular weight excluding hydrogens is 314 g/mol. The molecule has 0 heterocycles. The lowest BCUT2D eigenvalue weighted by molar-refractivity contribution is -0.140. The predicted molar refractivity (Wildman–Crippen MR) is 101 cm³/mol. The van der Waals surface area contributed by atoms with Crippen LogP contribution in [0.3, 0.4) is 0 Å². The van der Waals surface area contributed by atoms with E-state index in [9.17, 15) is 9.90 Å². The van der Waals surface area contributed by atoms with E-state index in [0.717, 1.165) is 16.9 Å². The van der Waals surface area contributed by atoms with Crippen LogP contribution in [0.2, 0.25) is 0 Å². The fourth-order valence-electron chi connectivity index (χ4n) is 2.96. The summed E-state index contributed by atoms with van der Waals surface area (Å²) in [6.07, 6.45) is 0.592. The van der Waals surface area contributed by atoms with Crippen molar-refractivity contribution in [1.29, 1.82) is 0 Å². The van der Waals surface area contributed by atoms with Gasteiger partial charge in [0.1, 0.15) is 11.8 Å². The van der Waals surface area contributed by atoms with Crippen molar-refractivity contribution in [2.45, 2.75) is 39.8 Å². The maximum absolute atomic E-state index is 11.5. The molecule has 0 amide bonds. The molecule has 0 aliphatic heterocycles. The molecule has 25 heavy (non-hydrogen) atoms. The minimum Gasteiger partial charge on any atom is -0.496 e. The van der Waals surface area contributed by atoms with Gasteiger partial charge in [-0.1, -0.05) is 44.2 Å². The summed E-state index contributed by atoms with van der Waals surface area (Å²) >= 11 is 0. The number of carboxylic acids is 1. The smallest absolute Gasteiger partial charge is 0.320 e. The Hall–Kier alpha value is -2.33. The molecule has 0 aromatic heterocycles. The van der Waals surface area contributed by atoms with Crippen LogP contribution in [0.1, 0.15) is 31.4 Å². The highest BCUT2D eigenvalue weighted by molar-refractivity contribution is 5.73. The third-order valence-corrected chi connectivity index (χ3v) is 4.28. The zero-order chi connectivity index (χ0) is 18.4. The number of methoxy groups -OCH3 is 1. The van der Waals surface area contributed by atoms with E-state index >= 15 is 0 Å². The largest absolute Gasteiger partial charge is 0.496 e. The normalized spacial score (nSPS) is 12.2. The van der Waals surface area contributed by atoms with Crippen molar-refractivity contribution in [3.8, 4) is 16.9 Å². The highest BCUT2D eigenvalue weighted by atomic mass is 16.5. The van der Waals surface area contributed by atoms with E-state index < -0.39 is 12.0 Å². The first-order valence-corrected chi connectivity index (χ1v) is 8.61. The highest BCUT2D eigenvalue weighted by Gasteiger charge is 2.19. The summed E-state index contributed by atoms with van der Waals surface area (Å²) < 4.78 is 5.45. The van der Waals surface area contributed by atoms with Gasteiger partial charge in [0.2, 0.25) is 0 Å². The molecule has 2 rings (SSSR count). The SMILES string of the molecule is COc1ccc(-c2ccccc2C)cc1CN[C@@H](CC(C)C)C(=O)O. The molecule has 2 aromatic rings. The van der Waals surface area contributed by atoms with Gasteiger partial charge in [0.05, 0.1) is 7.11 Å². The van der Waals surface area contributed by atoms with Gasteiger partial charge in [-0.2, -0.15) is 0 Å². The minimum absolute atomic E-state index is 0.314. The van der Waals surface area contributed by atoms with Crippen LogP contribution in [0, 0.1) is 12.8 Å². The van der Waals surface area contributed by atoms with Gasteiger partial charge in [-0.3, -0.25) is 4.79 Å². The second kappa shape index (κ2) is 8.67. The first kappa shape index (κ1) is 19.0. The second-order valence-electron chi connectivity index (χ2n) is 6.74. The standard InChI is InChI=1S/C21H27NO3/c1-14(2)11-19(21(23)24)22-13-17-12-16(9-10-20(17)25-4)18-8-6-5-7-15(18)3/h5-10,12,14,19,22H,11,13H2,1-4H3,(H,23,24)/t19-/m0/s1. The summed E-state index contributed by atoms with van der Waals surface area (Å²) in [5.74, 6) is 0.259. The Bertz CT molecular complexity index is 725. The van der Waals surface area contributed by atoms with Crippen molar-refractivity contribution in [3.05, 3.63) is 53.6 Å². The number of rotatable bonds is 8. The maximum Gasteiger partial charge on any atom is 0.320 e. The fourth-order valence-corrected chi connectivity index (χ4v) is 2.96. The summed E-state index contributed by atoms with van der Waals surface area (Å²) in [5, 5.41) is 12.6. The zero-order valence-electron chi connectivity index (χ0n) is 15.4. The van der Waals surface area contributed by atoms with Crippen LogP contribution >= 0.6 is 0 Å². The zero-order valence-corrected chi connectivity index (χ0v) is 15.4. The molecule has 4 nitrogen and oxygen atoms in total. The predicted octanol–water partition coefficient (Wildman–Crippen LogP) is 4.26.